The van der Waals surface area contributed by atoms with Gasteiger partial charge in [-0.2, -0.15) is 5.10 Å². The fourth-order valence-electron chi connectivity index (χ4n) is 1.11. The van der Waals surface area contributed by atoms with Crippen LogP contribution in [0.3, 0.4) is 0 Å². The van der Waals surface area contributed by atoms with E-state index in [0.717, 1.165) is 11.4 Å². The van der Waals surface area contributed by atoms with Crippen molar-refractivity contribution >= 4 is 0 Å². The Kier molecular flexibility index (Phi) is 2.73. The topological polar surface area (TPSA) is 64.1 Å². The van der Waals surface area contributed by atoms with Crippen LogP contribution in [0, 0.1) is 6.92 Å². The third-order valence-corrected chi connectivity index (χ3v) is 2.53. The van der Waals surface area contributed by atoms with Crippen molar-refractivity contribution < 1.29 is 5.11 Å². The second kappa shape index (κ2) is 3.47. The number of nitrogens with zero attached hydrogens (tertiary/aromatic N) is 2. The molecule has 0 radical (unpaired) electrons. The highest BCUT2D eigenvalue weighted by molar-refractivity contribution is 5.19. The monoisotopic (exact) mass is 183 g/mol. The van der Waals surface area contributed by atoms with Gasteiger partial charge in [0.05, 0.1) is 12.3 Å². The van der Waals surface area contributed by atoms with Gasteiger partial charge in [0.1, 0.15) is 0 Å². The molecule has 3 N–H and O–H groups in total. The van der Waals surface area contributed by atoms with Crippen molar-refractivity contribution in [2.45, 2.75) is 19.3 Å². The van der Waals surface area contributed by atoms with E-state index in [4.69, 9.17) is 5.73 Å². The Morgan fingerprint density at radius 1 is 1.69 bits per heavy atom. The Labute approximate surface area is 78.4 Å². The van der Waals surface area contributed by atoms with Gasteiger partial charge in [0.15, 0.2) is 0 Å². The first-order valence-corrected chi connectivity index (χ1v) is 4.35. The highest BCUT2D eigenvalue weighted by Gasteiger charge is 2.27. The molecule has 0 bridgehead atoms. The zero-order valence-corrected chi connectivity index (χ0v) is 8.41. The van der Waals surface area contributed by atoms with Crippen LogP contribution in [0.25, 0.3) is 0 Å². The van der Waals surface area contributed by atoms with Crippen LogP contribution in [0.2, 0.25) is 0 Å². The molecule has 1 heterocycles. The van der Waals surface area contributed by atoms with E-state index in [-0.39, 0.29) is 6.61 Å². The first-order valence-electron chi connectivity index (χ1n) is 4.35. The molecule has 0 saturated carbocycles. The first-order chi connectivity index (χ1) is 6.03. The van der Waals surface area contributed by atoms with Crippen LogP contribution >= 0.6 is 0 Å². The summed E-state index contributed by atoms with van der Waals surface area (Å²) in [6.07, 6.45) is 0. The summed E-state index contributed by atoms with van der Waals surface area (Å²) in [5.41, 5.74) is 7.12. The van der Waals surface area contributed by atoms with Crippen molar-refractivity contribution in [3.63, 3.8) is 0 Å². The van der Waals surface area contributed by atoms with Gasteiger partial charge in [0, 0.05) is 24.7 Å². The van der Waals surface area contributed by atoms with Gasteiger partial charge in [-0.05, 0) is 13.0 Å². The van der Waals surface area contributed by atoms with Gasteiger partial charge >= 0.3 is 0 Å². The van der Waals surface area contributed by atoms with E-state index >= 15 is 0 Å². The predicted molar refractivity (Wildman–Crippen MR) is 51.4 cm³/mol. The lowest BCUT2D eigenvalue weighted by atomic mass is 9.88. The molecule has 13 heavy (non-hydrogen) atoms. The summed E-state index contributed by atoms with van der Waals surface area (Å²) >= 11 is 0. The number of rotatable bonds is 3. The third-order valence-electron chi connectivity index (χ3n) is 2.53. The highest BCUT2D eigenvalue weighted by atomic mass is 16.3. The van der Waals surface area contributed by atoms with Crippen LogP contribution in [0.5, 0.6) is 0 Å². The molecule has 0 aromatic carbocycles. The minimum absolute atomic E-state index is 0.0277. The van der Waals surface area contributed by atoms with Crippen molar-refractivity contribution in [2.75, 3.05) is 13.2 Å². The molecule has 1 atom stereocenters. The highest BCUT2D eigenvalue weighted by Crippen LogP contribution is 2.20. The zero-order valence-electron chi connectivity index (χ0n) is 8.41. The van der Waals surface area contributed by atoms with E-state index in [1.165, 1.54) is 0 Å². The summed E-state index contributed by atoms with van der Waals surface area (Å²) in [7, 11) is 1.88. The number of aliphatic hydroxyl groups is 1. The van der Waals surface area contributed by atoms with E-state index in [2.05, 4.69) is 5.10 Å². The average Bonchev–Trinajstić information content (AvgIpc) is 2.46. The van der Waals surface area contributed by atoms with Crippen LogP contribution < -0.4 is 5.73 Å². The fourth-order valence-corrected chi connectivity index (χ4v) is 1.11. The Morgan fingerprint density at radius 3 is 2.62 bits per heavy atom. The van der Waals surface area contributed by atoms with E-state index in [1.807, 2.05) is 27.0 Å². The normalized spacial score (nSPS) is 15.8. The standard InChI is InChI=1S/C9H17N3O/c1-7-4-8(11-12(7)3)9(2,5-10)6-13/h4,13H,5-6,10H2,1-3H3. The third kappa shape index (κ3) is 1.73. The van der Waals surface area contributed by atoms with Gasteiger partial charge in [-0.3, -0.25) is 4.68 Å². The lowest BCUT2D eigenvalue weighted by Gasteiger charge is -2.22. The van der Waals surface area contributed by atoms with E-state index < -0.39 is 5.41 Å². The molecule has 1 unspecified atom stereocenters. The van der Waals surface area contributed by atoms with E-state index in [9.17, 15) is 5.11 Å². The molecule has 4 nitrogen and oxygen atoms in total. The first kappa shape index (κ1) is 10.2. The number of hydrogen-bond acceptors (Lipinski definition) is 3. The Hall–Kier alpha value is -0.870. The molecule has 0 spiro atoms. The minimum Gasteiger partial charge on any atom is -0.395 e. The quantitative estimate of drug-likeness (QED) is 0.690. The molecule has 0 fully saturated rings. The van der Waals surface area contributed by atoms with Crippen LogP contribution in [0.15, 0.2) is 6.07 Å². The van der Waals surface area contributed by atoms with Gasteiger partial charge < -0.3 is 10.8 Å². The number of aliphatic hydroxyl groups excluding tert-OH is 1. The summed E-state index contributed by atoms with van der Waals surface area (Å²) < 4.78 is 1.79. The maximum absolute atomic E-state index is 9.21. The van der Waals surface area contributed by atoms with Gasteiger partial charge in [-0.25, -0.2) is 0 Å². The Balaban J connectivity index is 3.05. The summed E-state index contributed by atoms with van der Waals surface area (Å²) in [5.74, 6) is 0. The maximum Gasteiger partial charge on any atom is 0.0721 e. The number of hydrogen-bond donors (Lipinski definition) is 2. The van der Waals surface area contributed by atoms with Crippen LogP contribution in [-0.4, -0.2) is 28.0 Å². The summed E-state index contributed by atoms with van der Waals surface area (Å²) in [6.45, 7) is 4.32. The molecule has 1 aromatic heterocycles. The molecule has 74 valence electrons. The van der Waals surface area contributed by atoms with Crippen LogP contribution in [0.4, 0.5) is 0 Å². The van der Waals surface area contributed by atoms with Crippen molar-refractivity contribution in [3.8, 4) is 0 Å². The second-order valence-electron chi connectivity index (χ2n) is 3.72. The lowest BCUT2D eigenvalue weighted by Crippen LogP contribution is -2.36. The average molecular weight is 183 g/mol. The van der Waals surface area contributed by atoms with E-state index in [1.54, 1.807) is 4.68 Å². The predicted octanol–water partition coefficient (Wildman–Crippen LogP) is -0.0628. The van der Waals surface area contributed by atoms with Crippen LogP contribution in [-0.2, 0) is 12.5 Å². The Bertz CT molecular complexity index is 270. The van der Waals surface area contributed by atoms with Gasteiger partial charge in [0.25, 0.3) is 0 Å². The molecule has 0 aliphatic heterocycles. The van der Waals surface area contributed by atoms with Gasteiger partial charge in [-0.15, -0.1) is 0 Å². The zero-order chi connectivity index (χ0) is 10.1. The SMILES string of the molecule is Cc1cc(C(C)(CN)CO)nn1C. The molecule has 1 rings (SSSR count). The molecular weight excluding hydrogens is 166 g/mol. The number of aryl methyl sites for hydroxylation is 2. The molecule has 4 heteroatoms. The second-order valence-corrected chi connectivity index (χ2v) is 3.72. The minimum atomic E-state index is -0.411. The molecule has 0 aliphatic rings. The summed E-state index contributed by atoms with van der Waals surface area (Å²) in [4.78, 5) is 0. The van der Waals surface area contributed by atoms with Crippen molar-refractivity contribution in [1.82, 2.24) is 9.78 Å². The molecular formula is C9H17N3O. The lowest BCUT2D eigenvalue weighted by molar-refractivity contribution is 0.206. The van der Waals surface area contributed by atoms with Gasteiger partial charge in [0.2, 0.25) is 0 Å². The molecule has 0 amide bonds. The van der Waals surface area contributed by atoms with E-state index in [0.29, 0.717) is 6.54 Å². The van der Waals surface area contributed by atoms with Crippen molar-refractivity contribution in [1.29, 1.82) is 0 Å². The number of aromatic nitrogens is 2. The van der Waals surface area contributed by atoms with Crippen molar-refractivity contribution in [2.24, 2.45) is 12.8 Å². The van der Waals surface area contributed by atoms with Crippen molar-refractivity contribution in [3.05, 3.63) is 17.5 Å². The van der Waals surface area contributed by atoms with Gasteiger partial charge in [-0.1, -0.05) is 6.92 Å². The molecule has 1 aromatic rings. The fraction of sp³-hybridized carbons (Fsp3) is 0.667. The molecule has 0 aliphatic carbocycles. The maximum atomic E-state index is 9.21. The molecule has 0 saturated heterocycles. The summed E-state index contributed by atoms with van der Waals surface area (Å²) in [6, 6.07) is 1.96. The number of nitrogens with two attached hydrogens (primary N) is 1. The smallest absolute Gasteiger partial charge is 0.0721 e. The summed E-state index contributed by atoms with van der Waals surface area (Å²) in [5, 5.41) is 13.5. The van der Waals surface area contributed by atoms with Crippen LogP contribution in [0.1, 0.15) is 18.3 Å². The Morgan fingerprint density at radius 2 is 2.31 bits per heavy atom. The largest absolute Gasteiger partial charge is 0.395 e.